The molecule has 0 bridgehead atoms. The summed E-state index contributed by atoms with van der Waals surface area (Å²) in [5.41, 5.74) is 3.65. The van der Waals surface area contributed by atoms with Gasteiger partial charge in [-0.15, -0.1) is 0 Å². The summed E-state index contributed by atoms with van der Waals surface area (Å²) in [4.78, 5) is 42.8. The summed E-state index contributed by atoms with van der Waals surface area (Å²) >= 11 is 0. The lowest BCUT2D eigenvalue weighted by Crippen LogP contribution is -2.44. The number of cyclic esters (lactones) is 1. The molecule has 5 heterocycles. The smallest absolute Gasteiger partial charge is 0.343 e. The first-order valence-corrected chi connectivity index (χ1v) is 13.9. The number of nitrogens with zero attached hydrogens (tertiary/aromatic N) is 3. The Hall–Kier alpha value is -3.23. The number of benzene rings is 1. The molecule has 8 nitrogen and oxygen atoms in total. The van der Waals surface area contributed by atoms with E-state index in [4.69, 9.17) is 4.74 Å². The normalized spacial score (nSPS) is 21.6. The maximum Gasteiger partial charge on any atom is 0.343 e. The highest BCUT2D eigenvalue weighted by atomic mass is 16.6. The van der Waals surface area contributed by atoms with Crippen molar-refractivity contribution in [2.24, 2.45) is 0 Å². The molecule has 3 aliphatic heterocycles. The molecule has 0 amide bonds. The van der Waals surface area contributed by atoms with E-state index >= 15 is 0 Å². The summed E-state index contributed by atoms with van der Waals surface area (Å²) in [6.45, 7) is 7.98. The van der Waals surface area contributed by atoms with Crippen LogP contribution < -0.4 is 11.0 Å². The fourth-order valence-electron chi connectivity index (χ4n) is 6.97. The second kappa shape index (κ2) is 8.13. The van der Waals surface area contributed by atoms with Crippen molar-refractivity contribution in [1.29, 1.82) is 0 Å². The molecule has 1 atom stereocenters. The number of aromatic nitrogens is 2. The van der Waals surface area contributed by atoms with Gasteiger partial charge in [-0.3, -0.25) is 14.5 Å². The largest absolute Gasteiger partial charge is 0.458 e. The van der Waals surface area contributed by atoms with E-state index in [9.17, 15) is 19.5 Å². The minimum atomic E-state index is -1.89. The van der Waals surface area contributed by atoms with Gasteiger partial charge in [-0.05, 0) is 69.2 Å². The van der Waals surface area contributed by atoms with Gasteiger partial charge in [-0.25, -0.2) is 4.79 Å². The molecule has 8 heteroatoms. The Labute approximate surface area is 220 Å². The van der Waals surface area contributed by atoms with Crippen molar-refractivity contribution in [2.75, 3.05) is 0 Å². The van der Waals surface area contributed by atoms with Crippen LogP contribution in [0.3, 0.4) is 0 Å². The van der Waals surface area contributed by atoms with Crippen LogP contribution in [0.5, 0.6) is 0 Å². The molecule has 1 saturated carbocycles. The third-order valence-corrected chi connectivity index (χ3v) is 9.18. The molecular weight excluding hydrogens is 482 g/mol. The molecule has 7 rings (SSSR count). The lowest BCUT2D eigenvalue weighted by Gasteiger charge is -2.31. The van der Waals surface area contributed by atoms with Crippen LogP contribution in [0.15, 0.2) is 27.8 Å². The Kier molecular flexibility index (Phi) is 5.11. The van der Waals surface area contributed by atoms with Crippen molar-refractivity contribution in [3.8, 4) is 11.3 Å². The highest BCUT2D eigenvalue weighted by Gasteiger charge is 2.45. The van der Waals surface area contributed by atoms with Gasteiger partial charge in [0.05, 0.1) is 34.6 Å². The van der Waals surface area contributed by atoms with Gasteiger partial charge >= 0.3 is 5.97 Å². The number of fused-ring (bicyclic) bond motifs is 5. The Morgan fingerprint density at radius 2 is 1.95 bits per heavy atom. The molecule has 1 aromatic carbocycles. The van der Waals surface area contributed by atoms with Gasteiger partial charge in [0.15, 0.2) is 11.0 Å². The van der Waals surface area contributed by atoms with E-state index in [0.717, 1.165) is 37.1 Å². The standard InChI is InChI=1S/C30H33N3O5/c1-4-30(37)22-12-23-25-24(14-33(23)28(35)21(22)15-38-29(30)36)31-11-5-6-19-17(7-10-20(26(19)31)27(25)34)13-32(16(2)3)18-8-9-18/h7,10,12,16,18,37H,4-6,8-9,11,13-15H2,1-3H3/t30-/m0/s1. The average Bonchev–Trinajstić information content (AvgIpc) is 3.67. The van der Waals surface area contributed by atoms with Gasteiger partial charge in [0, 0.05) is 36.1 Å². The molecule has 198 valence electrons. The Bertz CT molecular complexity index is 1660. The third-order valence-electron chi connectivity index (χ3n) is 9.18. The van der Waals surface area contributed by atoms with Crippen molar-refractivity contribution in [3.63, 3.8) is 0 Å². The number of ether oxygens (including phenoxy) is 1. The quantitative estimate of drug-likeness (QED) is 0.411. The Balaban J connectivity index is 1.44. The molecule has 0 unspecified atom stereocenters. The van der Waals surface area contributed by atoms with Crippen molar-refractivity contribution in [3.05, 3.63) is 66.7 Å². The van der Waals surface area contributed by atoms with E-state index in [0.29, 0.717) is 35.3 Å². The topological polar surface area (TPSA) is 93.8 Å². The first-order chi connectivity index (χ1) is 18.2. The maximum atomic E-state index is 14.1. The van der Waals surface area contributed by atoms with Gasteiger partial charge in [-0.1, -0.05) is 13.0 Å². The molecule has 0 spiro atoms. The zero-order chi connectivity index (χ0) is 26.5. The summed E-state index contributed by atoms with van der Waals surface area (Å²) in [5.74, 6) is -0.751. The fraction of sp³-hybridized carbons (Fsp3) is 0.500. The zero-order valence-corrected chi connectivity index (χ0v) is 22.2. The van der Waals surface area contributed by atoms with Crippen LogP contribution in [-0.2, 0) is 47.8 Å². The van der Waals surface area contributed by atoms with Gasteiger partial charge in [-0.2, -0.15) is 0 Å². The number of hydrogen-bond acceptors (Lipinski definition) is 6. The van der Waals surface area contributed by atoms with Crippen molar-refractivity contribution >= 4 is 16.9 Å². The first kappa shape index (κ1) is 23.9. The van der Waals surface area contributed by atoms with Gasteiger partial charge in [0.25, 0.3) is 5.56 Å². The minimum absolute atomic E-state index is 0.0803. The molecular formula is C30H33N3O5. The zero-order valence-electron chi connectivity index (χ0n) is 22.2. The predicted molar refractivity (Wildman–Crippen MR) is 143 cm³/mol. The van der Waals surface area contributed by atoms with Crippen molar-refractivity contribution < 1.29 is 14.6 Å². The minimum Gasteiger partial charge on any atom is -0.458 e. The summed E-state index contributed by atoms with van der Waals surface area (Å²) in [6.07, 6.45) is 4.49. The predicted octanol–water partition coefficient (Wildman–Crippen LogP) is 3.17. The van der Waals surface area contributed by atoms with Crippen LogP contribution in [0.25, 0.3) is 22.2 Å². The second-order valence-electron chi connectivity index (χ2n) is 11.6. The Morgan fingerprint density at radius 3 is 2.66 bits per heavy atom. The van der Waals surface area contributed by atoms with Crippen LogP contribution in [-0.4, -0.2) is 37.2 Å². The number of rotatable bonds is 5. The van der Waals surface area contributed by atoms with Crippen LogP contribution in [0, 0.1) is 0 Å². The van der Waals surface area contributed by atoms with E-state index < -0.39 is 11.6 Å². The Morgan fingerprint density at radius 1 is 1.16 bits per heavy atom. The van der Waals surface area contributed by atoms with E-state index in [1.165, 1.54) is 24.0 Å². The SMILES string of the molecule is CC[C@@]1(O)C(=O)OCc2c1cc1n(c2=O)Cc2c-1c(=O)c1ccc(CN(C(C)C)C3CC3)c3c1n2CCC3. The number of aliphatic hydroxyl groups is 1. The van der Waals surface area contributed by atoms with Crippen LogP contribution in [0.2, 0.25) is 0 Å². The van der Waals surface area contributed by atoms with Crippen molar-refractivity contribution in [1.82, 2.24) is 14.0 Å². The van der Waals surface area contributed by atoms with Gasteiger partial charge in [0.1, 0.15) is 6.61 Å². The lowest BCUT2D eigenvalue weighted by molar-refractivity contribution is -0.172. The maximum absolute atomic E-state index is 14.1. The summed E-state index contributed by atoms with van der Waals surface area (Å²) in [5, 5.41) is 11.8. The first-order valence-electron chi connectivity index (χ1n) is 13.9. The van der Waals surface area contributed by atoms with Crippen LogP contribution in [0.1, 0.15) is 74.4 Å². The third kappa shape index (κ3) is 3.13. The monoisotopic (exact) mass is 515 g/mol. The fourth-order valence-corrected chi connectivity index (χ4v) is 6.97. The number of esters is 1. The molecule has 4 aliphatic rings. The molecule has 1 aliphatic carbocycles. The number of carbonyl (C=O) groups excluding carboxylic acids is 1. The van der Waals surface area contributed by atoms with E-state index in [2.05, 4.69) is 29.4 Å². The second-order valence-corrected chi connectivity index (χ2v) is 11.6. The van der Waals surface area contributed by atoms with E-state index in [-0.39, 0.29) is 35.1 Å². The van der Waals surface area contributed by atoms with E-state index in [1.807, 2.05) is 6.07 Å². The number of aryl methyl sites for hydroxylation is 2. The average molecular weight is 516 g/mol. The molecule has 1 fully saturated rings. The highest BCUT2D eigenvalue weighted by molar-refractivity contribution is 5.90. The molecule has 2 aromatic heterocycles. The van der Waals surface area contributed by atoms with Crippen LogP contribution >= 0.6 is 0 Å². The molecule has 0 radical (unpaired) electrons. The summed E-state index contributed by atoms with van der Waals surface area (Å²) < 4.78 is 9.07. The van der Waals surface area contributed by atoms with Crippen LogP contribution in [0.4, 0.5) is 0 Å². The summed E-state index contributed by atoms with van der Waals surface area (Å²) in [7, 11) is 0. The molecule has 38 heavy (non-hydrogen) atoms. The van der Waals surface area contributed by atoms with E-state index in [1.54, 1.807) is 17.6 Å². The molecule has 1 N–H and O–H groups in total. The molecule has 3 aromatic rings. The van der Waals surface area contributed by atoms with Gasteiger partial charge in [0.2, 0.25) is 0 Å². The van der Waals surface area contributed by atoms with Crippen molar-refractivity contribution in [2.45, 2.75) is 96.8 Å². The number of hydrogen-bond donors (Lipinski definition) is 1. The molecule has 0 saturated heterocycles. The lowest BCUT2D eigenvalue weighted by atomic mass is 9.85. The highest BCUT2D eigenvalue weighted by Crippen LogP contribution is 2.40. The number of carbonyl (C=O) groups is 1. The van der Waals surface area contributed by atoms with Gasteiger partial charge < -0.3 is 19.0 Å². The summed E-state index contributed by atoms with van der Waals surface area (Å²) in [6, 6.07) is 6.87. The number of pyridine rings is 2.